The lowest BCUT2D eigenvalue weighted by Crippen LogP contribution is -2.44. The summed E-state index contributed by atoms with van der Waals surface area (Å²) in [5.74, 6) is 7.19. The topological polar surface area (TPSA) is 150 Å². The summed E-state index contributed by atoms with van der Waals surface area (Å²) in [4.78, 5) is 69.0. The third kappa shape index (κ3) is 10.4. The van der Waals surface area contributed by atoms with Crippen LogP contribution in [0.3, 0.4) is 0 Å². The lowest BCUT2D eigenvalue weighted by atomic mass is 9.89. The quantitative estimate of drug-likeness (QED) is 0.0590. The highest BCUT2D eigenvalue weighted by Crippen LogP contribution is 2.33. The van der Waals surface area contributed by atoms with E-state index in [-0.39, 0.29) is 41.8 Å². The Morgan fingerprint density at radius 1 is 0.853 bits per heavy atom. The predicted octanol–water partition coefficient (Wildman–Crippen LogP) is 7.07. The number of piperidine rings is 4. The molecular formula is C55H66N8O5. The maximum Gasteiger partial charge on any atom is 0.329 e. The van der Waals surface area contributed by atoms with Crippen LogP contribution in [-0.4, -0.2) is 94.4 Å². The second kappa shape index (κ2) is 21.0. The fourth-order valence-corrected chi connectivity index (χ4v) is 10.9. The number of unbranched alkanes of at least 4 members (excludes halogenated alkanes) is 1. The molecule has 0 bridgehead atoms. The second-order valence-electron chi connectivity index (χ2n) is 19.6. The van der Waals surface area contributed by atoms with Gasteiger partial charge in [0.25, 0.3) is 5.91 Å². The number of fused-ring (bicyclic) bond motifs is 2. The lowest BCUT2D eigenvalue weighted by molar-refractivity contribution is -0.136. The van der Waals surface area contributed by atoms with Crippen LogP contribution >= 0.6 is 0 Å². The second-order valence-corrected chi connectivity index (χ2v) is 19.6. The summed E-state index contributed by atoms with van der Waals surface area (Å²) in [5.41, 5.74) is 7.04. The van der Waals surface area contributed by atoms with Gasteiger partial charge in [-0.1, -0.05) is 54.3 Å². The average molecular weight is 919 g/mol. The van der Waals surface area contributed by atoms with Gasteiger partial charge >= 0.3 is 5.69 Å². The molecule has 3 atom stereocenters. The first-order chi connectivity index (χ1) is 33.0. The summed E-state index contributed by atoms with van der Waals surface area (Å²) in [6, 6.07) is 24.2. The number of anilines is 1. The summed E-state index contributed by atoms with van der Waals surface area (Å²) in [6.45, 7) is 10.5. The van der Waals surface area contributed by atoms with E-state index in [4.69, 9.17) is 0 Å². The highest BCUT2D eigenvalue weighted by atomic mass is 16.2. The van der Waals surface area contributed by atoms with E-state index >= 15 is 0 Å². The Morgan fingerprint density at radius 3 is 2.41 bits per heavy atom. The highest BCUT2D eigenvalue weighted by molar-refractivity contribution is 6.00. The van der Waals surface area contributed by atoms with Crippen LogP contribution in [0.5, 0.6) is 0 Å². The Labute approximate surface area is 399 Å². The molecule has 68 heavy (non-hydrogen) atoms. The number of likely N-dealkylation sites (tertiary alicyclic amines) is 2. The molecule has 13 heteroatoms. The number of imide groups is 1. The molecule has 0 radical (unpaired) electrons. The summed E-state index contributed by atoms with van der Waals surface area (Å²) in [7, 11) is 1.72. The Morgan fingerprint density at radius 2 is 1.65 bits per heavy atom. The molecule has 0 aliphatic carbocycles. The van der Waals surface area contributed by atoms with E-state index in [1.807, 2.05) is 36.1 Å². The SMILES string of the molecule is Cc1ccc(N[C@H]2CCCNC2)cc1C(=O)N[C@H](C)c1ccc(C#CC2CCN(CCCCC(=O)N3CCC(c4ccc5c(c4)n(C)c(=O)n5C4CCC(=O)NC4=O)CC3)CC2)c2ccccc12. The van der Waals surface area contributed by atoms with Crippen molar-refractivity contribution in [3.05, 3.63) is 111 Å². The number of carbonyl (C=O) groups is 4. The molecule has 4 saturated heterocycles. The zero-order chi connectivity index (χ0) is 47.3. The number of aromatic nitrogens is 2. The fraction of sp³-hybridized carbons (Fsp3) is 0.473. The molecule has 9 rings (SSSR count). The monoisotopic (exact) mass is 919 g/mol. The van der Waals surface area contributed by atoms with E-state index in [2.05, 4.69) is 93.5 Å². The largest absolute Gasteiger partial charge is 0.381 e. The van der Waals surface area contributed by atoms with Crippen molar-refractivity contribution < 1.29 is 19.2 Å². The van der Waals surface area contributed by atoms with E-state index in [0.29, 0.717) is 35.9 Å². The summed E-state index contributed by atoms with van der Waals surface area (Å²) in [5, 5.41) is 14.9. The molecule has 4 fully saturated rings. The Balaban J connectivity index is 0.713. The number of nitrogens with zero attached hydrogens (tertiary/aromatic N) is 4. The maximum atomic E-state index is 13.7. The van der Waals surface area contributed by atoms with Gasteiger partial charge in [-0.25, -0.2) is 4.79 Å². The molecule has 0 spiro atoms. The third-order valence-electron chi connectivity index (χ3n) is 15.0. The molecule has 4 aliphatic rings. The van der Waals surface area contributed by atoms with E-state index in [0.717, 1.165) is 141 Å². The van der Waals surface area contributed by atoms with E-state index < -0.39 is 11.9 Å². The van der Waals surface area contributed by atoms with E-state index in [9.17, 15) is 24.0 Å². The van der Waals surface area contributed by atoms with Gasteiger partial charge in [-0.05, 0) is 162 Å². The number of amides is 4. The van der Waals surface area contributed by atoms with Gasteiger partial charge in [0.05, 0.1) is 17.1 Å². The van der Waals surface area contributed by atoms with Gasteiger partial charge in [0.1, 0.15) is 6.04 Å². The number of benzene rings is 4. The first-order valence-corrected chi connectivity index (χ1v) is 25.0. The number of carbonyl (C=O) groups excluding carboxylic acids is 4. The van der Waals surface area contributed by atoms with Crippen LogP contribution in [0.4, 0.5) is 5.69 Å². The van der Waals surface area contributed by atoms with Crippen molar-refractivity contribution >= 4 is 51.1 Å². The van der Waals surface area contributed by atoms with Gasteiger partial charge in [-0.2, -0.15) is 0 Å². The normalized spacial score (nSPS) is 20.2. The molecule has 4 amide bonds. The summed E-state index contributed by atoms with van der Waals surface area (Å²) >= 11 is 0. The molecule has 1 aromatic heterocycles. The molecule has 13 nitrogen and oxygen atoms in total. The standard InChI is InChI=1S/C55H66N8O5/c1-36-13-18-42(58-43-9-8-27-56-35-43)34-47(36)53(66)57-37(2)44-19-16-40(45-10-4-5-11-46(44)45)15-14-38-23-29-61(30-24-38)28-7-6-12-52(65)62-31-25-39(26-32-62)41-17-20-48-50(33-41)60(3)55(68)63(48)49-21-22-51(64)59-54(49)67/h4-5,10-11,13,16-20,33-34,37-39,43,49,56,58H,6-9,12,21-32,35H2,1-3H3,(H,57,66)(H,59,64,67)/t37-,43+,49?/m1/s1. The summed E-state index contributed by atoms with van der Waals surface area (Å²) in [6.07, 6.45) is 9.01. The maximum absolute atomic E-state index is 13.7. The van der Waals surface area contributed by atoms with Crippen LogP contribution in [0, 0.1) is 24.7 Å². The average Bonchev–Trinajstić information content (AvgIpc) is 3.60. The van der Waals surface area contributed by atoms with Crippen LogP contribution in [-0.2, 0) is 21.4 Å². The van der Waals surface area contributed by atoms with Crippen LogP contribution in [0.15, 0.2) is 77.6 Å². The molecule has 5 aromatic rings. The number of rotatable bonds is 12. The van der Waals surface area contributed by atoms with Crippen molar-refractivity contribution in [2.24, 2.45) is 13.0 Å². The molecule has 5 heterocycles. The minimum atomic E-state index is -0.703. The summed E-state index contributed by atoms with van der Waals surface area (Å²) < 4.78 is 3.10. The molecule has 4 N–H and O–H groups in total. The molecule has 4 aliphatic heterocycles. The van der Waals surface area contributed by atoms with Crippen LogP contribution < -0.4 is 27.0 Å². The van der Waals surface area contributed by atoms with Gasteiger partial charge in [-0.3, -0.25) is 33.6 Å². The zero-order valence-electron chi connectivity index (χ0n) is 39.9. The molecule has 0 saturated carbocycles. The van der Waals surface area contributed by atoms with Crippen molar-refractivity contribution in [3.63, 3.8) is 0 Å². The van der Waals surface area contributed by atoms with E-state index in [1.165, 1.54) is 4.57 Å². The smallest absolute Gasteiger partial charge is 0.329 e. The first-order valence-electron chi connectivity index (χ1n) is 25.0. The number of hydrogen-bond acceptors (Lipinski definition) is 8. The van der Waals surface area contributed by atoms with Crippen molar-refractivity contribution in [2.45, 2.75) is 109 Å². The highest BCUT2D eigenvalue weighted by Gasteiger charge is 2.32. The number of aryl methyl sites for hydroxylation is 2. The minimum Gasteiger partial charge on any atom is -0.381 e. The molecule has 356 valence electrons. The van der Waals surface area contributed by atoms with Gasteiger partial charge < -0.3 is 25.8 Å². The Hall–Kier alpha value is -6.23. The van der Waals surface area contributed by atoms with Crippen molar-refractivity contribution in [2.75, 3.05) is 51.1 Å². The van der Waals surface area contributed by atoms with Gasteiger partial charge in [0.15, 0.2) is 0 Å². The van der Waals surface area contributed by atoms with Crippen molar-refractivity contribution in [1.82, 2.24) is 34.9 Å². The Bertz CT molecular complexity index is 2810. The number of imidazole rings is 1. The molecule has 1 unspecified atom stereocenters. The van der Waals surface area contributed by atoms with E-state index in [1.54, 1.807) is 11.6 Å². The lowest BCUT2D eigenvalue weighted by Gasteiger charge is -2.32. The first kappa shape index (κ1) is 46.9. The third-order valence-corrected chi connectivity index (χ3v) is 15.0. The molecule has 4 aromatic carbocycles. The van der Waals surface area contributed by atoms with Gasteiger partial charge in [0.2, 0.25) is 17.7 Å². The van der Waals surface area contributed by atoms with Gasteiger partial charge in [-0.15, -0.1) is 0 Å². The van der Waals surface area contributed by atoms with Crippen molar-refractivity contribution in [1.29, 1.82) is 0 Å². The van der Waals surface area contributed by atoms with Crippen molar-refractivity contribution in [3.8, 4) is 11.8 Å². The van der Waals surface area contributed by atoms with Crippen LogP contribution in [0.1, 0.15) is 128 Å². The minimum absolute atomic E-state index is 0.0758. The van der Waals surface area contributed by atoms with Crippen LogP contribution in [0.2, 0.25) is 0 Å². The van der Waals surface area contributed by atoms with Gasteiger partial charge in [0, 0.05) is 68.3 Å². The predicted molar refractivity (Wildman–Crippen MR) is 268 cm³/mol. The fourth-order valence-electron chi connectivity index (χ4n) is 10.9. The molecular weight excluding hydrogens is 853 g/mol. The Kier molecular flexibility index (Phi) is 14.4. The number of nitrogens with one attached hydrogen (secondary N) is 4. The number of hydrogen-bond donors (Lipinski definition) is 4. The zero-order valence-corrected chi connectivity index (χ0v) is 39.9. The van der Waals surface area contributed by atoms with Crippen LogP contribution in [0.25, 0.3) is 21.8 Å².